The van der Waals surface area contributed by atoms with Gasteiger partial charge in [-0.25, -0.2) is 0 Å². The minimum atomic E-state index is -3.93. The standard InChI is InChI=1S/C14H20O5S2/c1-8-6-13-3-2-9-14(13,7-13)10(12(15)19-9)11(8)20-4-5-21(16,17)18/h8-11H,2-7H2,1H3,(H,16,17,18). The number of carbonyl (C=O) groups excluding carboxylic acids is 1. The van der Waals surface area contributed by atoms with Crippen LogP contribution in [0.3, 0.4) is 0 Å². The summed E-state index contributed by atoms with van der Waals surface area (Å²) >= 11 is 1.53. The molecule has 1 aliphatic heterocycles. The topological polar surface area (TPSA) is 80.7 Å². The second-order valence-corrected chi connectivity index (χ2v) is 10.1. The molecule has 5 nitrogen and oxygen atoms in total. The zero-order chi connectivity index (χ0) is 15.0. The molecule has 0 aromatic heterocycles. The summed E-state index contributed by atoms with van der Waals surface area (Å²) in [4.78, 5) is 12.3. The summed E-state index contributed by atoms with van der Waals surface area (Å²) < 4.78 is 36.3. The Labute approximate surface area is 128 Å². The molecule has 0 amide bonds. The smallest absolute Gasteiger partial charge is 0.311 e. The Morgan fingerprint density at radius 3 is 2.95 bits per heavy atom. The third-order valence-electron chi connectivity index (χ3n) is 6.27. The second-order valence-electron chi connectivity index (χ2n) is 7.24. The van der Waals surface area contributed by atoms with Gasteiger partial charge in [-0.1, -0.05) is 6.92 Å². The predicted octanol–water partition coefficient (Wildman–Crippen LogP) is 1.73. The van der Waals surface area contributed by atoms with Gasteiger partial charge in [-0.3, -0.25) is 9.35 Å². The number of thioether (sulfide) groups is 1. The minimum Gasteiger partial charge on any atom is -0.461 e. The molecule has 1 heterocycles. The van der Waals surface area contributed by atoms with Crippen LogP contribution in [0.4, 0.5) is 0 Å². The van der Waals surface area contributed by atoms with E-state index < -0.39 is 10.1 Å². The molecule has 4 fully saturated rings. The van der Waals surface area contributed by atoms with Crippen molar-refractivity contribution >= 4 is 27.8 Å². The van der Waals surface area contributed by atoms with E-state index in [1.165, 1.54) is 18.2 Å². The van der Waals surface area contributed by atoms with Gasteiger partial charge in [-0.2, -0.15) is 20.2 Å². The first-order valence-corrected chi connectivity index (χ1v) is 10.2. The molecule has 4 rings (SSSR count). The van der Waals surface area contributed by atoms with E-state index in [-0.39, 0.29) is 34.4 Å². The molecule has 1 N–H and O–H groups in total. The Kier molecular flexibility index (Phi) is 2.85. The maximum absolute atomic E-state index is 12.3. The van der Waals surface area contributed by atoms with Crippen molar-refractivity contribution < 1.29 is 22.5 Å². The molecule has 0 aromatic rings. The molecule has 7 heteroatoms. The molecule has 0 bridgehead atoms. The molecule has 118 valence electrons. The Hall–Kier alpha value is -0.270. The lowest BCUT2D eigenvalue weighted by atomic mass is 9.70. The molecule has 1 saturated heterocycles. The second kappa shape index (κ2) is 4.17. The van der Waals surface area contributed by atoms with Crippen molar-refractivity contribution in [1.29, 1.82) is 0 Å². The van der Waals surface area contributed by atoms with Crippen LogP contribution in [0.25, 0.3) is 0 Å². The fraction of sp³-hybridized carbons (Fsp3) is 0.929. The number of ether oxygens (including phenoxy) is 1. The van der Waals surface area contributed by atoms with Gasteiger partial charge in [0, 0.05) is 16.4 Å². The fourth-order valence-electron chi connectivity index (χ4n) is 5.59. The summed E-state index contributed by atoms with van der Waals surface area (Å²) in [5.74, 6) is 0.342. The molecule has 1 spiro atoms. The molecule has 6 unspecified atom stereocenters. The van der Waals surface area contributed by atoms with Crippen LogP contribution < -0.4 is 0 Å². The van der Waals surface area contributed by atoms with Crippen molar-refractivity contribution in [3.05, 3.63) is 0 Å². The lowest BCUT2D eigenvalue weighted by Crippen LogP contribution is -2.41. The third kappa shape index (κ3) is 1.80. The Morgan fingerprint density at radius 2 is 2.24 bits per heavy atom. The van der Waals surface area contributed by atoms with Gasteiger partial charge < -0.3 is 4.74 Å². The van der Waals surface area contributed by atoms with E-state index >= 15 is 0 Å². The van der Waals surface area contributed by atoms with Crippen molar-refractivity contribution in [2.75, 3.05) is 11.5 Å². The van der Waals surface area contributed by atoms with E-state index in [0.29, 0.717) is 17.1 Å². The first-order valence-electron chi connectivity index (χ1n) is 7.56. The van der Waals surface area contributed by atoms with Crippen LogP contribution >= 0.6 is 11.8 Å². The van der Waals surface area contributed by atoms with Crippen molar-refractivity contribution in [2.45, 2.75) is 44.0 Å². The number of hydrogen-bond acceptors (Lipinski definition) is 5. The molecule has 6 atom stereocenters. The van der Waals surface area contributed by atoms with Crippen LogP contribution in [-0.4, -0.2) is 41.8 Å². The third-order valence-corrected chi connectivity index (χ3v) is 8.81. The normalized spacial score (nSPS) is 50.5. The van der Waals surface area contributed by atoms with Gasteiger partial charge in [0.05, 0.1) is 11.7 Å². The quantitative estimate of drug-likeness (QED) is 0.624. The van der Waals surface area contributed by atoms with Gasteiger partial charge in [-0.05, 0) is 37.0 Å². The zero-order valence-corrected chi connectivity index (χ0v) is 13.6. The molecule has 4 aliphatic rings. The van der Waals surface area contributed by atoms with Crippen LogP contribution in [0.1, 0.15) is 32.6 Å². The fourth-order valence-corrected chi connectivity index (χ4v) is 8.06. The Bertz CT molecular complexity index is 602. The number of hydrogen-bond donors (Lipinski definition) is 1. The van der Waals surface area contributed by atoms with Crippen LogP contribution in [0, 0.1) is 22.7 Å². The average molecular weight is 332 g/mol. The summed E-state index contributed by atoms with van der Waals surface area (Å²) in [6.45, 7) is 2.17. The van der Waals surface area contributed by atoms with Crippen molar-refractivity contribution in [1.82, 2.24) is 0 Å². The van der Waals surface area contributed by atoms with Gasteiger partial charge in [0.2, 0.25) is 0 Å². The monoisotopic (exact) mass is 332 g/mol. The maximum Gasteiger partial charge on any atom is 0.311 e. The summed E-state index contributed by atoms with van der Waals surface area (Å²) in [6, 6.07) is 0. The van der Waals surface area contributed by atoms with E-state index in [2.05, 4.69) is 6.92 Å². The first kappa shape index (κ1) is 14.3. The first-order chi connectivity index (χ1) is 9.79. The van der Waals surface area contributed by atoms with Crippen molar-refractivity contribution in [3.63, 3.8) is 0 Å². The highest BCUT2D eigenvalue weighted by Gasteiger charge is 2.84. The SMILES string of the molecule is CC1CC23CCC4OC(=O)C(C1SCCS(=O)(=O)O)C42C3. The molecule has 0 aromatic carbocycles. The number of esters is 1. The summed E-state index contributed by atoms with van der Waals surface area (Å²) in [6.07, 6.45) is 4.51. The van der Waals surface area contributed by atoms with Crippen molar-refractivity contribution in [2.24, 2.45) is 22.7 Å². The minimum absolute atomic E-state index is 0.0619. The molecule has 21 heavy (non-hydrogen) atoms. The van der Waals surface area contributed by atoms with Crippen molar-refractivity contribution in [3.8, 4) is 0 Å². The summed E-state index contributed by atoms with van der Waals surface area (Å²) in [7, 11) is -3.93. The van der Waals surface area contributed by atoms with Gasteiger partial charge in [0.15, 0.2) is 0 Å². The highest BCUT2D eigenvalue weighted by atomic mass is 32.2. The number of rotatable bonds is 4. The van der Waals surface area contributed by atoms with E-state index in [9.17, 15) is 13.2 Å². The predicted molar refractivity (Wildman–Crippen MR) is 78.5 cm³/mol. The van der Waals surface area contributed by atoms with E-state index in [0.717, 1.165) is 19.3 Å². The van der Waals surface area contributed by atoms with Gasteiger partial charge in [0.1, 0.15) is 6.10 Å². The highest BCUT2D eigenvalue weighted by Crippen LogP contribution is 2.84. The van der Waals surface area contributed by atoms with Crippen LogP contribution in [0.5, 0.6) is 0 Å². The molecule has 0 radical (unpaired) electrons. The van der Waals surface area contributed by atoms with Gasteiger partial charge in [-0.15, -0.1) is 0 Å². The molecule has 3 saturated carbocycles. The summed E-state index contributed by atoms with van der Waals surface area (Å²) in [5.41, 5.74) is 0.389. The molecular weight excluding hydrogens is 312 g/mol. The average Bonchev–Trinajstić information content (AvgIpc) is 2.79. The largest absolute Gasteiger partial charge is 0.461 e. The lowest BCUT2D eigenvalue weighted by Gasteiger charge is -2.38. The zero-order valence-electron chi connectivity index (χ0n) is 11.9. The molecular formula is C14H20O5S2. The van der Waals surface area contributed by atoms with Crippen LogP contribution in [-0.2, 0) is 19.6 Å². The molecule has 3 aliphatic carbocycles. The van der Waals surface area contributed by atoms with Gasteiger partial charge >= 0.3 is 5.97 Å². The highest BCUT2D eigenvalue weighted by molar-refractivity contribution is 8.00. The van der Waals surface area contributed by atoms with E-state index in [4.69, 9.17) is 9.29 Å². The van der Waals surface area contributed by atoms with Crippen LogP contribution in [0.2, 0.25) is 0 Å². The Morgan fingerprint density at radius 1 is 1.48 bits per heavy atom. The number of carbonyl (C=O) groups is 1. The van der Waals surface area contributed by atoms with Crippen LogP contribution in [0.15, 0.2) is 0 Å². The lowest BCUT2D eigenvalue weighted by molar-refractivity contribution is -0.145. The van der Waals surface area contributed by atoms with Gasteiger partial charge in [0.25, 0.3) is 10.1 Å². The van der Waals surface area contributed by atoms with E-state index in [1.54, 1.807) is 0 Å². The Balaban J connectivity index is 1.56. The summed E-state index contributed by atoms with van der Waals surface area (Å²) in [5, 5.41) is 0.123. The maximum atomic E-state index is 12.3. The van der Waals surface area contributed by atoms with E-state index in [1.807, 2.05) is 0 Å².